The fourth-order valence-corrected chi connectivity index (χ4v) is 3.75. The van der Waals surface area contributed by atoms with E-state index in [9.17, 15) is 4.79 Å². The number of rotatable bonds is 6. The highest BCUT2D eigenvalue weighted by Crippen LogP contribution is 2.26. The molecule has 1 aromatic heterocycles. The van der Waals surface area contributed by atoms with Crippen LogP contribution in [0.1, 0.15) is 18.2 Å². The van der Waals surface area contributed by atoms with Gasteiger partial charge in [0, 0.05) is 37.6 Å². The first-order chi connectivity index (χ1) is 11.7. The number of nitrogens with zero attached hydrogens (tertiary/aromatic N) is 2. The first-order valence-electron chi connectivity index (χ1n) is 8.52. The lowest BCUT2D eigenvalue weighted by Gasteiger charge is -2.32. The molecule has 3 rings (SSSR count). The zero-order chi connectivity index (χ0) is 16.9. The minimum atomic E-state index is 0.0143. The number of aromatic nitrogens is 1. The molecule has 0 aliphatic carbocycles. The number of H-pyrrole nitrogens is 1. The number of ether oxygens (including phenoxy) is 1. The van der Waals surface area contributed by atoms with Gasteiger partial charge in [0.25, 0.3) is 0 Å². The molecule has 2 aromatic rings. The summed E-state index contributed by atoms with van der Waals surface area (Å²) < 4.78 is 5.63. The minimum Gasteiger partial charge on any atom is -0.494 e. The highest BCUT2D eigenvalue weighted by molar-refractivity contribution is 7.09. The number of hydrogen-bond donors (Lipinski definition) is 1. The molecule has 24 heavy (non-hydrogen) atoms. The maximum Gasteiger partial charge on any atom is 0.305 e. The SMILES string of the molecule is CCCOc1ccc(-c2[nH]c(=O)sc2CN2CCN(C)CC2)cc1. The fraction of sp³-hybridized carbons (Fsp3) is 0.500. The average molecular weight is 347 g/mol. The molecule has 130 valence electrons. The average Bonchev–Trinajstić information content (AvgIpc) is 2.96. The van der Waals surface area contributed by atoms with Crippen molar-refractivity contribution in [1.82, 2.24) is 14.8 Å². The summed E-state index contributed by atoms with van der Waals surface area (Å²) in [4.78, 5) is 20.8. The lowest BCUT2D eigenvalue weighted by molar-refractivity contribution is 0.149. The highest BCUT2D eigenvalue weighted by Gasteiger charge is 2.18. The van der Waals surface area contributed by atoms with Crippen LogP contribution in [0.15, 0.2) is 29.1 Å². The Morgan fingerprint density at radius 1 is 1.17 bits per heavy atom. The van der Waals surface area contributed by atoms with Crippen molar-refractivity contribution in [2.75, 3.05) is 39.8 Å². The van der Waals surface area contributed by atoms with Gasteiger partial charge in [-0.25, -0.2) is 0 Å². The van der Waals surface area contributed by atoms with Gasteiger partial charge < -0.3 is 14.6 Å². The molecule has 0 atom stereocenters. The summed E-state index contributed by atoms with van der Waals surface area (Å²) in [5.74, 6) is 0.874. The van der Waals surface area contributed by atoms with Crippen LogP contribution in [0.2, 0.25) is 0 Å². The summed E-state index contributed by atoms with van der Waals surface area (Å²) in [5.41, 5.74) is 1.99. The van der Waals surface area contributed by atoms with Gasteiger partial charge in [-0.1, -0.05) is 18.3 Å². The molecule has 0 unspecified atom stereocenters. The fourth-order valence-electron chi connectivity index (χ4n) is 2.85. The quantitative estimate of drug-likeness (QED) is 0.873. The minimum absolute atomic E-state index is 0.0143. The number of benzene rings is 1. The molecular formula is C18H25N3O2S. The second-order valence-electron chi connectivity index (χ2n) is 6.26. The van der Waals surface area contributed by atoms with Crippen molar-refractivity contribution >= 4 is 11.3 Å². The number of nitrogens with one attached hydrogen (secondary N) is 1. The van der Waals surface area contributed by atoms with Crippen LogP contribution in [-0.2, 0) is 6.54 Å². The molecule has 1 fully saturated rings. The summed E-state index contributed by atoms with van der Waals surface area (Å²) in [6.45, 7) is 7.91. The molecule has 2 heterocycles. The molecule has 0 radical (unpaired) electrons. The highest BCUT2D eigenvalue weighted by atomic mass is 32.1. The Bertz CT molecular complexity index is 700. The third-order valence-electron chi connectivity index (χ3n) is 4.30. The molecule has 5 nitrogen and oxygen atoms in total. The van der Waals surface area contributed by atoms with Crippen LogP contribution in [0.4, 0.5) is 0 Å². The Morgan fingerprint density at radius 2 is 1.88 bits per heavy atom. The molecule has 0 saturated carbocycles. The van der Waals surface area contributed by atoms with E-state index in [0.29, 0.717) is 0 Å². The summed E-state index contributed by atoms with van der Waals surface area (Å²) in [5, 5.41) is 0. The third kappa shape index (κ3) is 4.26. The lowest BCUT2D eigenvalue weighted by atomic mass is 10.1. The van der Waals surface area contributed by atoms with E-state index in [1.54, 1.807) is 0 Å². The Kier molecular flexibility index (Phi) is 5.71. The van der Waals surface area contributed by atoms with Crippen molar-refractivity contribution in [3.63, 3.8) is 0 Å². The second kappa shape index (κ2) is 7.96. The van der Waals surface area contributed by atoms with Crippen LogP contribution >= 0.6 is 11.3 Å². The molecule has 1 aliphatic heterocycles. The van der Waals surface area contributed by atoms with Crippen LogP contribution in [-0.4, -0.2) is 54.6 Å². The summed E-state index contributed by atoms with van der Waals surface area (Å²) in [7, 11) is 2.15. The molecule has 1 aliphatic rings. The van der Waals surface area contributed by atoms with Gasteiger partial charge in [-0.3, -0.25) is 9.69 Å². The summed E-state index contributed by atoms with van der Waals surface area (Å²) in [6, 6.07) is 7.99. The van der Waals surface area contributed by atoms with Crippen LogP contribution in [0.3, 0.4) is 0 Å². The Labute approximate surface area is 146 Å². The van der Waals surface area contributed by atoms with Crippen molar-refractivity contribution in [2.24, 2.45) is 0 Å². The molecular weight excluding hydrogens is 322 g/mol. The van der Waals surface area contributed by atoms with Crippen molar-refractivity contribution < 1.29 is 4.74 Å². The Balaban J connectivity index is 1.75. The summed E-state index contributed by atoms with van der Waals surface area (Å²) >= 11 is 1.32. The van der Waals surface area contributed by atoms with E-state index in [4.69, 9.17) is 4.74 Å². The van der Waals surface area contributed by atoms with Crippen molar-refractivity contribution in [1.29, 1.82) is 0 Å². The Morgan fingerprint density at radius 3 is 2.54 bits per heavy atom. The normalized spacial score (nSPS) is 16.4. The van der Waals surface area contributed by atoms with E-state index in [1.807, 2.05) is 24.3 Å². The number of hydrogen-bond acceptors (Lipinski definition) is 5. The lowest BCUT2D eigenvalue weighted by Crippen LogP contribution is -2.43. The smallest absolute Gasteiger partial charge is 0.305 e. The van der Waals surface area contributed by atoms with Gasteiger partial charge in [0.15, 0.2) is 0 Å². The van der Waals surface area contributed by atoms with Crippen molar-refractivity contribution in [3.8, 4) is 17.0 Å². The van der Waals surface area contributed by atoms with Gasteiger partial charge in [-0.05, 0) is 43.3 Å². The van der Waals surface area contributed by atoms with Gasteiger partial charge in [0.1, 0.15) is 5.75 Å². The number of aromatic amines is 1. The second-order valence-corrected chi connectivity index (χ2v) is 7.33. The zero-order valence-corrected chi connectivity index (χ0v) is 15.2. The van der Waals surface area contributed by atoms with Crippen LogP contribution in [0, 0.1) is 0 Å². The molecule has 0 amide bonds. The van der Waals surface area contributed by atoms with E-state index in [2.05, 4.69) is 28.8 Å². The van der Waals surface area contributed by atoms with Crippen LogP contribution < -0.4 is 9.61 Å². The predicted octanol–water partition coefficient (Wildman–Crippen LogP) is 2.64. The zero-order valence-electron chi connectivity index (χ0n) is 14.4. The standard InChI is InChI=1S/C18H25N3O2S/c1-3-12-23-15-6-4-14(5-7-15)17-16(24-18(22)19-17)13-21-10-8-20(2)9-11-21/h4-7H,3,8-13H2,1-2H3,(H,19,22). The Hall–Kier alpha value is -1.63. The molecule has 1 N–H and O–H groups in total. The predicted molar refractivity (Wildman–Crippen MR) is 98.9 cm³/mol. The maximum absolute atomic E-state index is 11.9. The molecule has 1 saturated heterocycles. The number of likely N-dealkylation sites (N-methyl/N-ethyl adjacent to an activating group) is 1. The first kappa shape index (κ1) is 17.2. The maximum atomic E-state index is 11.9. The topological polar surface area (TPSA) is 48.6 Å². The van der Waals surface area contributed by atoms with E-state index < -0.39 is 0 Å². The largest absolute Gasteiger partial charge is 0.494 e. The van der Waals surface area contributed by atoms with Crippen LogP contribution in [0.5, 0.6) is 5.75 Å². The van der Waals surface area contributed by atoms with Gasteiger partial charge in [0.05, 0.1) is 12.3 Å². The molecule has 6 heteroatoms. The van der Waals surface area contributed by atoms with Crippen LogP contribution in [0.25, 0.3) is 11.3 Å². The van der Waals surface area contributed by atoms with Gasteiger partial charge in [-0.15, -0.1) is 0 Å². The van der Waals surface area contributed by atoms with Crippen molar-refractivity contribution in [3.05, 3.63) is 38.8 Å². The van der Waals surface area contributed by atoms with E-state index in [0.717, 1.165) is 67.6 Å². The molecule has 0 spiro atoms. The number of piperazine rings is 1. The molecule has 0 bridgehead atoms. The van der Waals surface area contributed by atoms with E-state index in [1.165, 1.54) is 11.3 Å². The van der Waals surface area contributed by atoms with E-state index in [-0.39, 0.29) is 4.87 Å². The number of thiazole rings is 1. The monoisotopic (exact) mass is 347 g/mol. The van der Waals surface area contributed by atoms with Gasteiger partial charge in [-0.2, -0.15) is 0 Å². The van der Waals surface area contributed by atoms with Gasteiger partial charge in [0.2, 0.25) is 0 Å². The van der Waals surface area contributed by atoms with Crippen molar-refractivity contribution in [2.45, 2.75) is 19.9 Å². The van der Waals surface area contributed by atoms with E-state index >= 15 is 0 Å². The third-order valence-corrected chi connectivity index (χ3v) is 5.17. The first-order valence-corrected chi connectivity index (χ1v) is 9.33. The molecule has 1 aromatic carbocycles. The summed E-state index contributed by atoms with van der Waals surface area (Å²) in [6.07, 6.45) is 0.995. The van der Waals surface area contributed by atoms with Gasteiger partial charge >= 0.3 is 4.87 Å².